The maximum Gasteiger partial charge on any atom is 0.246 e. The van der Waals surface area contributed by atoms with Crippen LogP contribution in [-0.2, 0) is 4.79 Å². The summed E-state index contributed by atoms with van der Waals surface area (Å²) >= 11 is 0. The number of amides is 1. The number of hydrogen-bond acceptors (Lipinski definition) is 3. The molecule has 1 fully saturated rings. The molecule has 1 saturated carbocycles. The monoisotopic (exact) mass is 243 g/mol. The molecular weight excluding hydrogens is 226 g/mol. The summed E-state index contributed by atoms with van der Waals surface area (Å²) in [5, 5.41) is 8.74. The van der Waals surface area contributed by atoms with E-state index in [0.717, 1.165) is 31.4 Å². The molecule has 0 saturated heterocycles. The van der Waals surface area contributed by atoms with E-state index in [-0.39, 0.29) is 5.91 Å². The Morgan fingerprint density at radius 3 is 2.39 bits per heavy atom. The van der Waals surface area contributed by atoms with Gasteiger partial charge in [-0.05, 0) is 37.1 Å². The lowest BCUT2D eigenvalue weighted by atomic mass is 9.97. The molecule has 0 unspecified atom stereocenters. The minimum atomic E-state index is -0.706. The first-order valence-electron chi connectivity index (χ1n) is 6.14. The Morgan fingerprint density at radius 2 is 1.89 bits per heavy atom. The molecule has 0 aromatic heterocycles. The van der Waals surface area contributed by atoms with Crippen LogP contribution in [0.15, 0.2) is 24.3 Å². The van der Waals surface area contributed by atoms with Gasteiger partial charge >= 0.3 is 0 Å². The lowest BCUT2D eigenvalue weighted by molar-refractivity contribution is -0.123. The third kappa shape index (κ3) is 2.22. The maximum atomic E-state index is 12.4. The average Bonchev–Trinajstić information content (AvgIpc) is 2.85. The number of benzene rings is 1. The van der Waals surface area contributed by atoms with Crippen molar-refractivity contribution in [2.24, 2.45) is 5.73 Å². The van der Waals surface area contributed by atoms with Gasteiger partial charge in [0.05, 0.1) is 17.2 Å². The van der Waals surface area contributed by atoms with Gasteiger partial charge in [0.25, 0.3) is 0 Å². The molecule has 0 aliphatic heterocycles. The van der Waals surface area contributed by atoms with Crippen LogP contribution in [0.2, 0.25) is 0 Å². The number of likely N-dealkylation sites (N-methyl/N-ethyl adjacent to an activating group) is 1. The van der Waals surface area contributed by atoms with Gasteiger partial charge in [0.15, 0.2) is 0 Å². The largest absolute Gasteiger partial charge is 0.317 e. The molecule has 0 spiro atoms. The molecule has 1 amide bonds. The number of hydrogen-bond donors (Lipinski definition) is 1. The number of carbonyl (C=O) groups excluding carboxylic acids is 1. The van der Waals surface area contributed by atoms with Crippen molar-refractivity contribution in [2.45, 2.75) is 31.2 Å². The number of nitrogens with two attached hydrogens (primary N) is 1. The van der Waals surface area contributed by atoms with Gasteiger partial charge in [0.1, 0.15) is 0 Å². The highest BCUT2D eigenvalue weighted by atomic mass is 16.2. The molecule has 1 aromatic rings. The molecule has 4 heteroatoms. The summed E-state index contributed by atoms with van der Waals surface area (Å²) in [5.41, 5.74) is 6.81. The first kappa shape index (κ1) is 12.6. The zero-order valence-corrected chi connectivity index (χ0v) is 10.5. The Labute approximate surface area is 107 Å². The van der Waals surface area contributed by atoms with E-state index in [2.05, 4.69) is 6.07 Å². The van der Waals surface area contributed by atoms with Gasteiger partial charge in [-0.25, -0.2) is 0 Å². The molecule has 2 rings (SSSR count). The average molecular weight is 243 g/mol. The van der Waals surface area contributed by atoms with Gasteiger partial charge in [-0.15, -0.1) is 0 Å². The molecule has 0 radical (unpaired) electrons. The van der Waals surface area contributed by atoms with Crippen molar-refractivity contribution in [1.29, 1.82) is 5.26 Å². The van der Waals surface area contributed by atoms with E-state index < -0.39 is 5.54 Å². The molecular formula is C14H17N3O. The smallest absolute Gasteiger partial charge is 0.246 e. The third-order valence-electron chi connectivity index (χ3n) is 3.61. The van der Waals surface area contributed by atoms with Crippen LogP contribution in [0.5, 0.6) is 0 Å². The van der Waals surface area contributed by atoms with Crippen LogP contribution in [0.25, 0.3) is 0 Å². The topological polar surface area (TPSA) is 70.1 Å². The fraction of sp³-hybridized carbons (Fsp3) is 0.429. The van der Waals surface area contributed by atoms with Crippen molar-refractivity contribution in [2.75, 3.05) is 11.9 Å². The van der Waals surface area contributed by atoms with Crippen LogP contribution in [0.3, 0.4) is 0 Å². The number of rotatable bonds is 2. The summed E-state index contributed by atoms with van der Waals surface area (Å²) in [6.07, 6.45) is 3.55. The van der Waals surface area contributed by atoms with Gasteiger partial charge in [-0.1, -0.05) is 12.8 Å². The summed E-state index contributed by atoms with van der Waals surface area (Å²) in [6.45, 7) is 0. The number of anilines is 1. The Balaban J connectivity index is 2.17. The first-order chi connectivity index (χ1) is 8.57. The Bertz CT molecular complexity index is 481. The van der Waals surface area contributed by atoms with Gasteiger partial charge in [-0.2, -0.15) is 5.26 Å². The standard InChI is InChI=1S/C14H17N3O/c1-17(12-6-4-11(10-15)5-7-12)13(18)14(16)8-2-3-9-14/h4-7H,2-3,8-9,16H2,1H3. The SMILES string of the molecule is CN(C(=O)C1(N)CCCC1)c1ccc(C#N)cc1. The number of carbonyl (C=O) groups is 1. The minimum absolute atomic E-state index is 0.0373. The highest BCUT2D eigenvalue weighted by Gasteiger charge is 2.39. The number of nitriles is 1. The van der Waals surface area contributed by atoms with E-state index >= 15 is 0 Å². The molecule has 1 aliphatic carbocycles. The molecule has 0 heterocycles. The first-order valence-corrected chi connectivity index (χ1v) is 6.14. The minimum Gasteiger partial charge on any atom is -0.317 e. The Morgan fingerprint density at radius 1 is 1.33 bits per heavy atom. The van der Waals surface area contributed by atoms with Crippen LogP contribution < -0.4 is 10.6 Å². The quantitative estimate of drug-likeness (QED) is 0.860. The van der Waals surface area contributed by atoms with Crippen LogP contribution >= 0.6 is 0 Å². The van der Waals surface area contributed by atoms with Crippen LogP contribution in [0, 0.1) is 11.3 Å². The highest BCUT2D eigenvalue weighted by molar-refractivity contribution is 5.99. The molecule has 1 aliphatic rings. The van der Waals surface area contributed by atoms with Crippen molar-refractivity contribution in [3.8, 4) is 6.07 Å². The lowest BCUT2D eigenvalue weighted by Gasteiger charge is -2.28. The fourth-order valence-electron chi connectivity index (χ4n) is 2.43. The molecule has 2 N–H and O–H groups in total. The van der Waals surface area contributed by atoms with E-state index in [1.54, 1.807) is 36.2 Å². The van der Waals surface area contributed by atoms with E-state index in [1.807, 2.05) is 0 Å². The second-order valence-corrected chi connectivity index (χ2v) is 4.89. The molecule has 4 nitrogen and oxygen atoms in total. The summed E-state index contributed by atoms with van der Waals surface area (Å²) in [4.78, 5) is 13.9. The highest BCUT2D eigenvalue weighted by Crippen LogP contribution is 2.30. The second-order valence-electron chi connectivity index (χ2n) is 4.89. The van der Waals surface area contributed by atoms with E-state index in [4.69, 9.17) is 11.0 Å². The Hall–Kier alpha value is -1.86. The Kier molecular flexibility index (Phi) is 3.35. The molecule has 94 valence electrons. The van der Waals surface area contributed by atoms with Gasteiger partial charge in [0, 0.05) is 12.7 Å². The van der Waals surface area contributed by atoms with Crippen LogP contribution in [0.1, 0.15) is 31.2 Å². The predicted octanol–water partition coefficient (Wildman–Crippen LogP) is 1.79. The van der Waals surface area contributed by atoms with Gasteiger partial charge < -0.3 is 10.6 Å². The normalized spacial score (nSPS) is 17.2. The van der Waals surface area contributed by atoms with Crippen LogP contribution in [0.4, 0.5) is 5.69 Å². The van der Waals surface area contributed by atoms with Crippen molar-refractivity contribution in [3.63, 3.8) is 0 Å². The zero-order chi connectivity index (χ0) is 13.2. The van der Waals surface area contributed by atoms with E-state index in [1.165, 1.54) is 0 Å². The molecule has 18 heavy (non-hydrogen) atoms. The molecule has 0 bridgehead atoms. The second kappa shape index (κ2) is 4.79. The van der Waals surface area contributed by atoms with Crippen molar-refractivity contribution < 1.29 is 4.79 Å². The van der Waals surface area contributed by atoms with E-state index in [0.29, 0.717) is 5.56 Å². The van der Waals surface area contributed by atoms with Crippen LogP contribution in [-0.4, -0.2) is 18.5 Å². The van der Waals surface area contributed by atoms with Crippen molar-refractivity contribution >= 4 is 11.6 Å². The van der Waals surface area contributed by atoms with Gasteiger partial charge in [-0.3, -0.25) is 4.79 Å². The molecule has 0 atom stereocenters. The summed E-state index contributed by atoms with van der Waals surface area (Å²) in [5.74, 6) is -0.0373. The maximum absolute atomic E-state index is 12.4. The summed E-state index contributed by atoms with van der Waals surface area (Å²) < 4.78 is 0. The summed E-state index contributed by atoms with van der Waals surface area (Å²) in [7, 11) is 1.73. The van der Waals surface area contributed by atoms with Crippen molar-refractivity contribution in [1.82, 2.24) is 0 Å². The fourth-order valence-corrected chi connectivity index (χ4v) is 2.43. The number of nitrogens with zero attached hydrogens (tertiary/aromatic N) is 2. The lowest BCUT2D eigenvalue weighted by Crippen LogP contribution is -2.52. The zero-order valence-electron chi connectivity index (χ0n) is 10.5. The molecule has 1 aromatic carbocycles. The van der Waals surface area contributed by atoms with Gasteiger partial charge in [0.2, 0.25) is 5.91 Å². The van der Waals surface area contributed by atoms with Crippen molar-refractivity contribution in [3.05, 3.63) is 29.8 Å². The predicted molar refractivity (Wildman–Crippen MR) is 70.0 cm³/mol. The third-order valence-corrected chi connectivity index (χ3v) is 3.61. The van der Waals surface area contributed by atoms with E-state index in [9.17, 15) is 4.79 Å². The summed E-state index contributed by atoms with van der Waals surface area (Å²) in [6, 6.07) is 9.01.